The minimum Gasteiger partial charge on any atom is -0.456 e. The summed E-state index contributed by atoms with van der Waals surface area (Å²) in [6.07, 6.45) is 0. The lowest BCUT2D eigenvalue weighted by molar-refractivity contribution is 0.663. The first-order valence-corrected chi connectivity index (χ1v) is 19.9. The molecule has 278 valence electrons. The van der Waals surface area contributed by atoms with E-state index in [9.17, 15) is 5.48 Å². The van der Waals surface area contributed by atoms with Crippen molar-refractivity contribution in [3.8, 4) is 44.5 Å². The van der Waals surface area contributed by atoms with Crippen LogP contribution < -0.4 is 0 Å². The number of fused-ring (bicyclic) bond motifs is 11. The highest BCUT2D eigenvalue weighted by atomic mass is 16.3. The standard InChI is InChI=1S/C58H34O2/c1-2-12-38-33-39(26-23-35(38)11-1)36-21-24-37(25-22-36)55-44-15-5-7-17-46(44)56(47-18-8-6-16-45(47)55)48-30-29-41(42-13-3-4-14-43(42)48)40-27-28-50-54(34-40)60-53-32-31-52-57(58(50)53)49-19-9-10-20-51(49)59-52/h1-34H/i5D,6D,7D,8D,15D,16D,17D,18D. The summed E-state index contributed by atoms with van der Waals surface area (Å²) in [6.45, 7) is 0. The highest BCUT2D eigenvalue weighted by Gasteiger charge is 2.21. The fourth-order valence-corrected chi connectivity index (χ4v) is 9.40. The van der Waals surface area contributed by atoms with Crippen molar-refractivity contribution in [2.24, 2.45) is 0 Å². The van der Waals surface area contributed by atoms with Crippen molar-refractivity contribution < 1.29 is 19.8 Å². The van der Waals surface area contributed by atoms with Gasteiger partial charge in [0.05, 0.1) is 11.0 Å². The molecule has 13 aromatic rings. The average molecular weight is 771 g/mol. The fourth-order valence-electron chi connectivity index (χ4n) is 9.40. The second-order valence-electron chi connectivity index (χ2n) is 15.3. The number of furan rings is 2. The zero-order valence-electron chi connectivity index (χ0n) is 39.8. The molecule has 2 heterocycles. The van der Waals surface area contributed by atoms with Gasteiger partial charge >= 0.3 is 0 Å². The molecule has 11 aromatic carbocycles. The van der Waals surface area contributed by atoms with E-state index in [0.717, 1.165) is 82.1 Å². The zero-order chi connectivity index (χ0) is 46.3. The van der Waals surface area contributed by atoms with E-state index in [2.05, 4.69) is 48.5 Å². The summed E-state index contributed by atoms with van der Waals surface area (Å²) in [5.41, 5.74) is 8.43. The maximum absolute atomic E-state index is 9.58. The van der Waals surface area contributed by atoms with E-state index in [1.807, 2.05) is 109 Å². The predicted molar refractivity (Wildman–Crippen MR) is 253 cm³/mol. The molecule has 0 spiro atoms. The van der Waals surface area contributed by atoms with Crippen LogP contribution in [0, 0.1) is 0 Å². The van der Waals surface area contributed by atoms with Crippen LogP contribution in [0.4, 0.5) is 0 Å². The smallest absolute Gasteiger partial charge is 0.136 e. The summed E-state index contributed by atoms with van der Waals surface area (Å²) in [6, 6.07) is 48.7. The van der Waals surface area contributed by atoms with E-state index >= 15 is 0 Å². The molecular weight excluding hydrogens is 729 g/mol. The number of rotatable bonds is 4. The molecule has 0 saturated carbocycles. The lowest BCUT2D eigenvalue weighted by atomic mass is 9.83. The molecule has 2 heteroatoms. The van der Waals surface area contributed by atoms with Gasteiger partial charge in [-0.25, -0.2) is 0 Å². The summed E-state index contributed by atoms with van der Waals surface area (Å²) >= 11 is 0. The van der Waals surface area contributed by atoms with Crippen molar-refractivity contribution in [1.29, 1.82) is 0 Å². The van der Waals surface area contributed by atoms with Crippen LogP contribution in [-0.2, 0) is 0 Å². The Labute approximate surface area is 356 Å². The third-order valence-electron chi connectivity index (χ3n) is 12.1. The largest absolute Gasteiger partial charge is 0.456 e. The van der Waals surface area contributed by atoms with Crippen LogP contribution in [0.15, 0.2) is 215 Å². The van der Waals surface area contributed by atoms with Gasteiger partial charge in [-0.1, -0.05) is 170 Å². The van der Waals surface area contributed by atoms with E-state index in [1.54, 1.807) is 0 Å². The predicted octanol–water partition coefficient (Wildman–Crippen LogP) is 16.8. The molecule has 0 unspecified atom stereocenters. The number of benzene rings is 11. The maximum Gasteiger partial charge on any atom is 0.136 e. The van der Waals surface area contributed by atoms with Crippen LogP contribution in [0.3, 0.4) is 0 Å². The Kier molecular flexibility index (Phi) is 5.57. The lowest BCUT2D eigenvalue weighted by Gasteiger charge is -2.20. The Balaban J connectivity index is 1.06. The van der Waals surface area contributed by atoms with Gasteiger partial charge in [-0.2, -0.15) is 0 Å². The molecule has 2 nitrogen and oxygen atoms in total. The van der Waals surface area contributed by atoms with Gasteiger partial charge in [0, 0.05) is 21.5 Å². The third-order valence-corrected chi connectivity index (χ3v) is 12.1. The first kappa shape index (κ1) is 26.1. The van der Waals surface area contributed by atoms with Gasteiger partial charge < -0.3 is 8.83 Å². The van der Waals surface area contributed by atoms with Crippen molar-refractivity contribution in [2.75, 3.05) is 0 Å². The molecule has 0 aliphatic carbocycles. The highest BCUT2D eigenvalue weighted by Crippen LogP contribution is 2.47. The van der Waals surface area contributed by atoms with Crippen LogP contribution in [0.2, 0.25) is 0 Å². The van der Waals surface area contributed by atoms with E-state index < -0.39 is 24.2 Å². The normalized spacial score (nSPS) is 13.9. The molecule has 0 fully saturated rings. The van der Waals surface area contributed by atoms with Gasteiger partial charge in [-0.15, -0.1) is 0 Å². The molecule has 0 amide bonds. The van der Waals surface area contributed by atoms with Crippen LogP contribution in [0.25, 0.3) is 131 Å². The minimum absolute atomic E-state index is 0.168. The second-order valence-corrected chi connectivity index (χ2v) is 15.3. The molecule has 2 aromatic heterocycles. The molecule has 0 radical (unpaired) electrons. The van der Waals surface area contributed by atoms with Gasteiger partial charge in [-0.05, 0) is 124 Å². The third kappa shape index (κ3) is 4.88. The molecule has 0 aliphatic rings. The fraction of sp³-hybridized carbons (Fsp3) is 0. The zero-order valence-corrected chi connectivity index (χ0v) is 31.8. The van der Waals surface area contributed by atoms with E-state index in [1.165, 1.54) is 0 Å². The summed E-state index contributed by atoms with van der Waals surface area (Å²) < 4.78 is 86.8. The van der Waals surface area contributed by atoms with Crippen molar-refractivity contribution >= 4 is 87.0 Å². The monoisotopic (exact) mass is 770 g/mol. The van der Waals surface area contributed by atoms with Gasteiger partial charge in [0.1, 0.15) is 22.3 Å². The molecular formula is C58H34O2. The van der Waals surface area contributed by atoms with E-state index in [4.69, 9.17) is 14.3 Å². The Morgan fingerprint density at radius 3 is 1.53 bits per heavy atom. The minimum atomic E-state index is -0.442. The SMILES string of the molecule is [2H]c1c([2H])c([2H])c2c(-c3ccc(-c4ccc5c(c4)oc4ccc6oc7ccccc7c6c45)c4ccccc34)c3c([2H])c([2H])c([2H])c([2H])c3c(-c3ccc(-c4ccc5ccccc5c4)cc3)c2c1[2H]. The summed E-state index contributed by atoms with van der Waals surface area (Å²) in [7, 11) is 0. The van der Waals surface area contributed by atoms with Gasteiger partial charge in [0.2, 0.25) is 0 Å². The van der Waals surface area contributed by atoms with Crippen molar-refractivity contribution in [1.82, 2.24) is 0 Å². The van der Waals surface area contributed by atoms with Crippen molar-refractivity contribution in [2.45, 2.75) is 0 Å². The van der Waals surface area contributed by atoms with Crippen molar-refractivity contribution in [3.63, 3.8) is 0 Å². The van der Waals surface area contributed by atoms with Crippen LogP contribution in [-0.4, -0.2) is 0 Å². The Bertz CT molecular complexity index is 4280. The first-order chi connectivity index (χ1) is 33.1. The summed E-state index contributed by atoms with van der Waals surface area (Å²) in [5, 5.41) is 8.39. The molecule has 0 saturated heterocycles. The second kappa shape index (κ2) is 12.8. The molecule has 0 atom stereocenters. The van der Waals surface area contributed by atoms with E-state index in [-0.39, 0.29) is 45.7 Å². The van der Waals surface area contributed by atoms with Crippen molar-refractivity contribution in [3.05, 3.63) is 206 Å². The average Bonchev–Trinajstić information content (AvgIpc) is 3.95. The number of para-hydroxylation sites is 1. The Morgan fingerprint density at radius 2 is 0.817 bits per heavy atom. The quantitative estimate of drug-likeness (QED) is 0.167. The van der Waals surface area contributed by atoms with Crippen LogP contribution in [0.5, 0.6) is 0 Å². The molecule has 0 aliphatic heterocycles. The van der Waals surface area contributed by atoms with E-state index in [0.29, 0.717) is 27.8 Å². The van der Waals surface area contributed by atoms with Gasteiger partial charge in [0.15, 0.2) is 0 Å². The molecule has 60 heavy (non-hydrogen) atoms. The highest BCUT2D eigenvalue weighted by molar-refractivity contribution is 6.27. The van der Waals surface area contributed by atoms with Crippen LogP contribution >= 0.6 is 0 Å². The maximum atomic E-state index is 9.58. The van der Waals surface area contributed by atoms with Crippen LogP contribution in [0.1, 0.15) is 11.0 Å². The Morgan fingerprint density at radius 1 is 0.300 bits per heavy atom. The first-order valence-electron chi connectivity index (χ1n) is 23.9. The topological polar surface area (TPSA) is 26.3 Å². The summed E-state index contributed by atoms with van der Waals surface area (Å²) in [5.74, 6) is 0. The lowest BCUT2D eigenvalue weighted by Crippen LogP contribution is -1.92. The van der Waals surface area contributed by atoms with Gasteiger partial charge in [0.25, 0.3) is 0 Å². The van der Waals surface area contributed by atoms with Gasteiger partial charge in [-0.3, -0.25) is 0 Å². The molecule has 0 N–H and O–H groups in total. The summed E-state index contributed by atoms with van der Waals surface area (Å²) in [4.78, 5) is 0. The number of hydrogen-bond acceptors (Lipinski definition) is 2. The molecule has 13 rings (SSSR count). The molecule has 0 bridgehead atoms. The Hall–Kier alpha value is -7.94. The number of hydrogen-bond donors (Lipinski definition) is 0.